The molecule has 7 nitrogen and oxygen atoms in total. The average molecular weight is 452 g/mol. The number of thioether (sulfide) groups is 1. The zero-order valence-corrected chi connectivity index (χ0v) is 18.1. The highest BCUT2D eigenvalue weighted by Gasteiger charge is 2.36. The molecule has 1 saturated heterocycles. The second-order valence-electron chi connectivity index (χ2n) is 6.92. The van der Waals surface area contributed by atoms with Gasteiger partial charge in [0.05, 0.1) is 10.1 Å². The summed E-state index contributed by atoms with van der Waals surface area (Å²) in [6.07, 6.45) is 4.77. The van der Waals surface area contributed by atoms with Gasteiger partial charge in [-0.1, -0.05) is 17.3 Å². The monoisotopic (exact) mass is 451 g/mol. The quantitative estimate of drug-likeness (QED) is 0.512. The van der Waals surface area contributed by atoms with Crippen molar-refractivity contribution in [2.75, 3.05) is 16.8 Å². The van der Waals surface area contributed by atoms with Gasteiger partial charge >= 0.3 is 0 Å². The first-order valence-corrected chi connectivity index (χ1v) is 13.0. The summed E-state index contributed by atoms with van der Waals surface area (Å²) >= 11 is 3.18. The normalized spacial score (nSPS) is 18.4. The molecule has 29 heavy (non-hydrogen) atoms. The highest BCUT2D eigenvalue weighted by molar-refractivity contribution is 7.99. The van der Waals surface area contributed by atoms with Crippen LogP contribution < -0.4 is 5.32 Å². The van der Waals surface area contributed by atoms with Crippen LogP contribution in [0.5, 0.6) is 0 Å². The van der Waals surface area contributed by atoms with E-state index in [1.807, 2.05) is 11.8 Å². The van der Waals surface area contributed by atoms with Crippen LogP contribution in [0.25, 0.3) is 0 Å². The van der Waals surface area contributed by atoms with Crippen LogP contribution in [0.4, 0.5) is 5.13 Å². The molecule has 0 atom stereocenters. The summed E-state index contributed by atoms with van der Waals surface area (Å²) in [6.45, 7) is 0. The van der Waals surface area contributed by atoms with Gasteiger partial charge in [-0.15, -0.1) is 11.3 Å². The Morgan fingerprint density at radius 3 is 2.48 bits per heavy atom. The van der Waals surface area contributed by atoms with Crippen LogP contribution in [0.2, 0.25) is 0 Å². The van der Waals surface area contributed by atoms with E-state index in [9.17, 15) is 13.2 Å². The Hall–Kier alpha value is -1.91. The molecule has 2 aromatic rings. The third kappa shape index (κ3) is 4.99. The predicted molar refractivity (Wildman–Crippen MR) is 115 cm³/mol. The van der Waals surface area contributed by atoms with E-state index in [-0.39, 0.29) is 22.0 Å². The van der Waals surface area contributed by atoms with Crippen molar-refractivity contribution >= 4 is 49.7 Å². The zero-order chi connectivity index (χ0) is 20.3. The number of hydrogen-bond donors (Lipinski definition) is 1. The summed E-state index contributed by atoms with van der Waals surface area (Å²) in [7, 11) is -3.28. The van der Waals surface area contributed by atoms with E-state index < -0.39 is 15.7 Å². The Labute approximate surface area is 177 Å². The summed E-state index contributed by atoms with van der Waals surface area (Å²) < 4.78 is 24.8. The molecule has 0 spiro atoms. The van der Waals surface area contributed by atoms with E-state index in [0.717, 1.165) is 24.3 Å². The van der Waals surface area contributed by atoms with Crippen LogP contribution in [0, 0.1) is 0 Å². The SMILES string of the molecule is O=C(Nc1nccs1)C(=NOC1CCSCC1)c1ccc(S(=O)(=O)C2CC2)cc1. The fraction of sp³-hybridized carbons (Fsp3) is 0.421. The molecule has 1 aliphatic carbocycles. The number of hydrogen-bond acceptors (Lipinski definition) is 8. The molecular formula is C19H21N3O4S3. The van der Waals surface area contributed by atoms with Gasteiger partial charge in [-0.3, -0.25) is 10.1 Å². The van der Waals surface area contributed by atoms with Crippen LogP contribution in [0.3, 0.4) is 0 Å². The summed E-state index contributed by atoms with van der Waals surface area (Å²) in [5.41, 5.74) is 0.604. The molecule has 1 saturated carbocycles. The Bertz CT molecular complexity index is 978. The molecule has 2 fully saturated rings. The van der Waals surface area contributed by atoms with Crippen molar-refractivity contribution in [3.8, 4) is 0 Å². The number of sulfone groups is 1. The zero-order valence-electron chi connectivity index (χ0n) is 15.6. The van der Waals surface area contributed by atoms with Crippen molar-refractivity contribution in [1.29, 1.82) is 0 Å². The minimum Gasteiger partial charge on any atom is -0.392 e. The Morgan fingerprint density at radius 2 is 1.86 bits per heavy atom. The molecule has 0 radical (unpaired) electrons. The van der Waals surface area contributed by atoms with Crippen LogP contribution in [-0.2, 0) is 19.5 Å². The molecule has 1 amide bonds. The molecule has 1 aromatic heterocycles. The second kappa shape index (κ2) is 8.85. The van der Waals surface area contributed by atoms with Crippen molar-refractivity contribution in [3.05, 3.63) is 41.4 Å². The van der Waals surface area contributed by atoms with Gasteiger partial charge < -0.3 is 4.84 Å². The lowest BCUT2D eigenvalue weighted by Crippen LogP contribution is -2.26. The minimum atomic E-state index is -3.28. The van der Waals surface area contributed by atoms with E-state index in [1.165, 1.54) is 23.5 Å². The Morgan fingerprint density at radius 1 is 1.14 bits per heavy atom. The first-order valence-electron chi connectivity index (χ1n) is 9.41. The van der Waals surface area contributed by atoms with Gasteiger partial charge in [-0.2, -0.15) is 11.8 Å². The number of carbonyl (C=O) groups is 1. The number of nitrogens with zero attached hydrogens (tertiary/aromatic N) is 2. The van der Waals surface area contributed by atoms with Gasteiger partial charge in [-0.05, 0) is 49.3 Å². The average Bonchev–Trinajstić information content (AvgIpc) is 3.48. The number of aromatic nitrogens is 1. The number of benzene rings is 1. The molecule has 0 unspecified atom stereocenters. The molecule has 1 aliphatic heterocycles. The lowest BCUT2D eigenvalue weighted by atomic mass is 10.1. The molecule has 1 N–H and O–H groups in total. The van der Waals surface area contributed by atoms with Crippen molar-refractivity contribution < 1.29 is 18.0 Å². The standard InChI is InChI=1S/C19H21N3O4S3/c23-18(21-19-20-9-12-28-19)17(22-26-14-7-10-27-11-8-14)13-1-3-15(4-2-13)29(24,25)16-5-6-16/h1-4,9,12,14,16H,5-8,10-11H2,(H,20,21,23). The van der Waals surface area contributed by atoms with Crippen molar-refractivity contribution in [1.82, 2.24) is 4.98 Å². The van der Waals surface area contributed by atoms with E-state index in [4.69, 9.17) is 4.84 Å². The highest BCUT2D eigenvalue weighted by Crippen LogP contribution is 2.33. The third-order valence-electron chi connectivity index (χ3n) is 4.75. The molecule has 2 aliphatic rings. The van der Waals surface area contributed by atoms with Gasteiger partial charge in [0.25, 0.3) is 5.91 Å². The number of carbonyl (C=O) groups excluding carboxylic acids is 1. The molecular weight excluding hydrogens is 430 g/mol. The number of rotatable bonds is 7. The number of oxime groups is 1. The maximum absolute atomic E-state index is 12.8. The number of amides is 1. The topological polar surface area (TPSA) is 97.7 Å². The maximum atomic E-state index is 12.8. The van der Waals surface area contributed by atoms with Crippen molar-refractivity contribution in [2.24, 2.45) is 5.16 Å². The molecule has 0 bridgehead atoms. The van der Waals surface area contributed by atoms with Gasteiger partial charge in [0.15, 0.2) is 20.7 Å². The number of anilines is 1. The van der Waals surface area contributed by atoms with E-state index in [2.05, 4.69) is 15.5 Å². The van der Waals surface area contributed by atoms with Gasteiger partial charge in [0.2, 0.25) is 0 Å². The van der Waals surface area contributed by atoms with Crippen LogP contribution >= 0.6 is 23.1 Å². The number of thiazole rings is 1. The third-order valence-corrected chi connectivity index (χ3v) is 8.76. The molecule has 10 heteroatoms. The fourth-order valence-electron chi connectivity index (χ4n) is 2.95. The number of nitrogens with one attached hydrogen (secondary N) is 1. The first-order chi connectivity index (χ1) is 14.0. The van der Waals surface area contributed by atoms with E-state index in [1.54, 1.807) is 23.7 Å². The molecule has 2 heterocycles. The minimum absolute atomic E-state index is 0.0200. The van der Waals surface area contributed by atoms with Gasteiger partial charge in [0.1, 0.15) is 6.10 Å². The maximum Gasteiger partial charge on any atom is 0.280 e. The van der Waals surface area contributed by atoms with E-state index in [0.29, 0.717) is 23.5 Å². The summed E-state index contributed by atoms with van der Waals surface area (Å²) in [5.74, 6) is 1.58. The summed E-state index contributed by atoms with van der Waals surface area (Å²) in [4.78, 5) is 22.8. The van der Waals surface area contributed by atoms with Gasteiger partial charge in [0, 0.05) is 17.1 Å². The largest absolute Gasteiger partial charge is 0.392 e. The molecule has 4 rings (SSSR count). The lowest BCUT2D eigenvalue weighted by molar-refractivity contribution is -0.110. The fourth-order valence-corrected chi connectivity index (χ4v) is 6.19. The predicted octanol–water partition coefficient (Wildman–Crippen LogP) is 3.33. The second-order valence-corrected chi connectivity index (χ2v) is 11.3. The molecule has 154 valence electrons. The summed E-state index contributed by atoms with van der Waals surface area (Å²) in [5, 5.41) is 8.83. The highest BCUT2D eigenvalue weighted by atomic mass is 32.2. The van der Waals surface area contributed by atoms with Gasteiger partial charge in [-0.25, -0.2) is 13.4 Å². The van der Waals surface area contributed by atoms with E-state index >= 15 is 0 Å². The smallest absolute Gasteiger partial charge is 0.280 e. The first kappa shape index (κ1) is 20.4. The van der Waals surface area contributed by atoms with Crippen LogP contribution in [0.1, 0.15) is 31.2 Å². The molecule has 1 aromatic carbocycles. The van der Waals surface area contributed by atoms with Crippen LogP contribution in [0.15, 0.2) is 45.9 Å². The lowest BCUT2D eigenvalue weighted by Gasteiger charge is -2.19. The Balaban J connectivity index is 1.57. The Kier molecular flexibility index (Phi) is 6.21. The summed E-state index contributed by atoms with van der Waals surface area (Å²) in [6, 6.07) is 6.28. The van der Waals surface area contributed by atoms with Crippen molar-refractivity contribution in [2.45, 2.75) is 41.9 Å². The van der Waals surface area contributed by atoms with Crippen LogP contribution in [-0.4, -0.2) is 47.9 Å². The van der Waals surface area contributed by atoms with Crippen molar-refractivity contribution in [3.63, 3.8) is 0 Å².